The lowest BCUT2D eigenvalue weighted by Crippen LogP contribution is -2.31. The molecule has 122 valence electrons. The first-order valence-corrected chi connectivity index (χ1v) is 8.52. The molecule has 0 saturated heterocycles. The van der Waals surface area contributed by atoms with E-state index in [0.717, 1.165) is 36.6 Å². The first-order chi connectivity index (χ1) is 11.1. The fourth-order valence-electron chi connectivity index (χ4n) is 3.63. The summed E-state index contributed by atoms with van der Waals surface area (Å²) in [6.07, 6.45) is 7.46. The molecule has 1 saturated carbocycles. The van der Waals surface area contributed by atoms with E-state index in [1.54, 1.807) is 0 Å². The van der Waals surface area contributed by atoms with Gasteiger partial charge in [-0.2, -0.15) is 10.2 Å². The molecule has 2 aromatic heterocycles. The summed E-state index contributed by atoms with van der Waals surface area (Å²) in [4.78, 5) is 12.6. The Morgan fingerprint density at radius 3 is 3.04 bits per heavy atom. The first-order valence-electron chi connectivity index (χ1n) is 8.52. The number of carbonyl (C=O) groups is 1. The average Bonchev–Trinajstić information content (AvgIpc) is 3.14. The van der Waals surface area contributed by atoms with Crippen LogP contribution >= 0.6 is 0 Å². The third-order valence-corrected chi connectivity index (χ3v) is 5.19. The van der Waals surface area contributed by atoms with Crippen LogP contribution in [0, 0.1) is 12.8 Å². The molecule has 0 bridgehead atoms. The summed E-state index contributed by atoms with van der Waals surface area (Å²) in [5.74, 6) is 0.623. The summed E-state index contributed by atoms with van der Waals surface area (Å²) in [5.41, 5.74) is 3.83. The van der Waals surface area contributed by atoms with Crippen molar-refractivity contribution in [2.75, 3.05) is 0 Å². The number of amides is 1. The molecule has 4 rings (SSSR count). The van der Waals surface area contributed by atoms with Crippen molar-refractivity contribution in [2.45, 2.75) is 58.0 Å². The second kappa shape index (κ2) is 5.51. The number of aromatic nitrogens is 4. The Hall–Kier alpha value is -2.11. The highest BCUT2D eigenvalue weighted by atomic mass is 16.2. The van der Waals surface area contributed by atoms with Crippen LogP contribution in [0.5, 0.6) is 0 Å². The molecule has 23 heavy (non-hydrogen) atoms. The Morgan fingerprint density at radius 1 is 1.43 bits per heavy atom. The number of aromatic amines is 1. The molecule has 2 aromatic rings. The van der Waals surface area contributed by atoms with Crippen molar-refractivity contribution in [3.05, 3.63) is 34.9 Å². The maximum absolute atomic E-state index is 12.6. The highest BCUT2D eigenvalue weighted by Gasteiger charge is 2.31. The fraction of sp³-hybridized carbons (Fsp3) is 0.588. The first kappa shape index (κ1) is 14.5. The number of hydrogen-bond acceptors (Lipinski definition) is 3. The van der Waals surface area contributed by atoms with Crippen molar-refractivity contribution in [2.24, 2.45) is 5.92 Å². The molecular weight excluding hydrogens is 290 g/mol. The van der Waals surface area contributed by atoms with Crippen molar-refractivity contribution in [3.63, 3.8) is 0 Å². The van der Waals surface area contributed by atoms with E-state index in [2.05, 4.69) is 27.5 Å². The van der Waals surface area contributed by atoms with Gasteiger partial charge >= 0.3 is 0 Å². The minimum absolute atomic E-state index is 0.0139. The summed E-state index contributed by atoms with van der Waals surface area (Å²) < 4.78 is 2.01. The molecule has 2 unspecified atom stereocenters. The van der Waals surface area contributed by atoms with Gasteiger partial charge in [0.15, 0.2) is 0 Å². The van der Waals surface area contributed by atoms with Crippen LogP contribution in [0.25, 0.3) is 0 Å². The topological polar surface area (TPSA) is 75.6 Å². The number of fused-ring (bicyclic) bond motifs is 1. The fourth-order valence-corrected chi connectivity index (χ4v) is 3.63. The van der Waals surface area contributed by atoms with Crippen LogP contribution in [0.1, 0.15) is 72.1 Å². The van der Waals surface area contributed by atoms with Crippen molar-refractivity contribution < 1.29 is 4.79 Å². The third-order valence-electron chi connectivity index (χ3n) is 5.19. The Balaban J connectivity index is 1.51. The van der Waals surface area contributed by atoms with Gasteiger partial charge in [0, 0.05) is 5.69 Å². The van der Waals surface area contributed by atoms with Gasteiger partial charge in [0.05, 0.1) is 24.0 Å². The molecule has 2 aliphatic rings. The second-order valence-corrected chi connectivity index (χ2v) is 6.92. The zero-order chi connectivity index (χ0) is 16.0. The minimum Gasteiger partial charge on any atom is -0.342 e. The van der Waals surface area contributed by atoms with Crippen LogP contribution in [0.15, 0.2) is 12.3 Å². The zero-order valence-corrected chi connectivity index (χ0v) is 13.7. The summed E-state index contributed by atoms with van der Waals surface area (Å²) >= 11 is 0. The van der Waals surface area contributed by atoms with Gasteiger partial charge in [0.25, 0.3) is 5.91 Å². The van der Waals surface area contributed by atoms with Crippen molar-refractivity contribution in [3.8, 4) is 0 Å². The van der Waals surface area contributed by atoms with E-state index in [0.29, 0.717) is 11.7 Å². The molecule has 0 radical (unpaired) electrons. The largest absolute Gasteiger partial charge is 0.342 e. The number of rotatable bonds is 4. The van der Waals surface area contributed by atoms with E-state index in [1.165, 1.54) is 18.4 Å². The van der Waals surface area contributed by atoms with E-state index < -0.39 is 0 Å². The number of hydrogen-bond donors (Lipinski definition) is 2. The van der Waals surface area contributed by atoms with E-state index >= 15 is 0 Å². The van der Waals surface area contributed by atoms with E-state index in [1.807, 2.05) is 23.9 Å². The molecule has 6 nitrogen and oxygen atoms in total. The zero-order valence-electron chi connectivity index (χ0n) is 13.7. The van der Waals surface area contributed by atoms with Crippen molar-refractivity contribution >= 4 is 5.91 Å². The summed E-state index contributed by atoms with van der Waals surface area (Å²) in [6, 6.07) is 2.29. The molecule has 2 aliphatic carbocycles. The van der Waals surface area contributed by atoms with Crippen LogP contribution in [0.4, 0.5) is 0 Å². The lowest BCUT2D eigenvalue weighted by Gasteiger charge is -2.22. The number of carbonyl (C=O) groups excluding carboxylic acids is 1. The SMILES string of the molecule is Cc1cc(C(=O)NC2CCCc3cn[nH]c32)nn1C(C)C1CC1. The van der Waals surface area contributed by atoms with Crippen molar-refractivity contribution in [1.82, 2.24) is 25.3 Å². The van der Waals surface area contributed by atoms with E-state index in [9.17, 15) is 4.79 Å². The molecule has 0 spiro atoms. The Labute approximate surface area is 135 Å². The maximum atomic E-state index is 12.6. The summed E-state index contributed by atoms with van der Waals surface area (Å²) in [5, 5.41) is 14.8. The van der Waals surface area contributed by atoms with Crippen LogP contribution in [-0.2, 0) is 6.42 Å². The van der Waals surface area contributed by atoms with Crippen LogP contribution in [0.2, 0.25) is 0 Å². The Morgan fingerprint density at radius 2 is 2.26 bits per heavy atom. The molecule has 6 heteroatoms. The normalized spacial score (nSPS) is 21.7. The highest BCUT2D eigenvalue weighted by molar-refractivity contribution is 5.92. The molecule has 2 heterocycles. The quantitative estimate of drug-likeness (QED) is 0.911. The average molecular weight is 313 g/mol. The second-order valence-electron chi connectivity index (χ2n) is 6.92. The monoisotopic (exact) mass is 313 g/mol. The number of H-pyrrole nitrogens is 1. The van der Waals surface area contributed by atoms with Crippen LogP contribution in [0.3, 0.4) is 0 Å². The van der Waals surface area contributed by atoms with Gasteiger partial charge < -0.3 is 5.32 Å². The molecule has 2 N–H and O–H groups in total. The predicted octanol–water partition coefficient (Wildman–Crippen LogP) is 2.69. The molecule has 0 aliphatic heterocycles. The third kappa shape index (κ3) is 2.66. The van der Waals surface area contributed by atoms with E-state index in [-0.39, 0.29) is 11.9 Å². The summed E-state index contributed by atoms with van der Waals surface area (Å²) in [6.45, 7) is 4.22. The van der Waals surface area contributed by atoms with Gasteiger partial charge in [-0.15, -0.1) is 0 Å². The number of aryl methyl sites for hydroxylation is 2. The molecule has 2 atom stereocenters. The maximum Gasteiger partial charge on any atom is 0.272 e. The van der Waals surface area contributed by atoms with Gasteiger partial charge in [-0.05, 0) is 63.5 Å². The number of nitrogens with one attached hydrogen (secondary N) is 2. The molecule has 0 aromatic carbocycles. The molecule has 1 fully saturated rings. The smallest absolute Gasteiger partial charge is 0.272 e. The van der Waals surface area contributed by atoms with Crippen LogP contribution in [-0.4, -0.2) is 25.9 Å². The number of nitrogens with zero attached hydrogens (tertiary/aromatic N) is 3. The molecule has 1 amide bonds. The van der Waals surface area contributed by atoms with Crippen LogP contribution < -0.4 is 5.32 Å². The highest BCUT2D eigenvalue weighted by Crippen LogP contribution is 2.39. The summed E-state index contributed by atoms with van der Waals surface area (Å²) in [7, 11) is 0. The van der Waals surface area contributed by atoms with Gasteiger partial charge in [-0.3, -0.25) is 14.6 Å². The van der Waals surface area contributed by atoms with Gasteiger partial charge in [-0.25, -0.2) is 0 Å². The Bertz CT molecular complexity index is 727. The van der Waals surface area contributed by atoms with E-state index in [4.69, 9.17) is 0 Å². The Kier molecular flexibility index (Phi) is 3.47. The standard InChI is InChI=1S/C17H23N5O/c1-10-8-15(21-22(10)11(2)12-6-7-12)17(23)19-14-5-3-4-13-9-18-20-16(13)14/h8-9,11-12,14H,3-7H2,1-2H3,(H,18,20)(H,19,23). The minimum atomic E-state index is -0.0951. The predicted molar refractivity (Wildman–Crippen MR) is 86.1 cm³/mol. The van der Waals surface area contributed by atoms with Gasteiger partial charge in [0.2, 0.25) is 0 Å². The molecular formula is C17H23N5O. The van der Waals surface area contributed by atoms with Gasteiger partial charge in [0.1, 0.15) is 5.69 Å². The lowest BCUT2D eigenvalue weighted by molar-refractivity contribution is 0.0925. The lowest BCUT2D eigenvalue weighted by atomic mass is 9.93. The van der Waals surface area contributed by atoms with Crippen molar-refractivity contribution in [1.29, 1.82) is 0 Å². The van der Waals surface area contributed by atoms with Gasteiger partial charge in [-0.1, -0.05) is 0 Å².